The van der Waals surface area contributed by atoms with Gasteiger partial charge in [-0.05, 0) is 32.6 Å². The highest BCUT2D eigenvalue weighted by Gasteiger charge is 2.41. The average Bonchev–Trinajstić information content (AvgIpc) is 3.25. The molecule has 9 heteroatoms. The fourth-order valence-corrected chi connectivity index (χ4v) is 4.14. The van der Waals surface area contributed by atoms with Gasteiger partial charge in [0, 0.05) is 0 Å². The second-order valence-electron chi connectivity index (χ2n) is 6.41. The molecule has 0 spiro atoms. The molecule has 8 nitrogen and oxygen atoms in total. The molecular formula is C15H20BrN5O3. The number of imidazole rings is 1. The van der Waals surface area contributed by atoms with Gasteiger partial charge in [-0.2, -0.15) is 9.97 Å². The zero-order valence-electron chi connectivity index (χ0n) is 13.3. The van der Waals surface area contributed by atoms with E-state index in [1.165, 1.54) is 0 Å². The van der Waals surface area contributed by atoms with Crippen molar-refractivity contribution in [2.24, 2.45) is 0 Å². The van der Waals surface area contributed by atoms with E-state index < -0.39 is 12.3 Å². The molecule has 2 aliphatic rings. The Morgan fingerprint density at radius 3 is 2.79 bits per heavy atom. The summed E-state index contributed by atoms with van der Waals surface area (Å²) < 4.78 is 13.5. The van der Waals surface area contributed by atoms with Gasteiger partial charge in [-0.15, -0.1) is 0 Å². The lowest BCUT2D eigenvalue weighted by atomic mass is 10.2. The Bertz CT molecular complexity index is 748. The van der Waals surface area contributed by atoms with Crippen LogP contribution >= 0.6 is 15.9 Å². The van der Waals surface area contributed by atoms with E-state index in [4.69, 9.17) is 15.2 Å². The van der Waals surface area contributed by atoms with Crippen molar-refractivity contribution in [1.82, 2.24) is 19.5 Å². The topological polar surface area (TPSA) is 108 Å². The molecule has 1 saturated heterocycles. The molecule has 0 unspecified atom stereocenters. The highest BCUT2D eigenvalue weighted by atomic mass is 79.9. The van der Waals surface area contributed by atoms with Crippen LogP contribution in [-0.4, -0.2) is 47.8 Å². The lowest BCUT2D eigenvalue weighted by molar-refractivity contribution is -0.00591. The molecule has 4 atom stereocenters. The van der Waals surface area contributed by atoms with Crippen LogP contribution in [0.3, 0.4) is 0 Å². The number of fused-ring (bicyclic) bond motifs is 1. The Kier molecular flexibility index (Phi) is 4.09. The van der Waals surface area contributed by atoms with E-state index >= 15 is 0 Å². The second-order valence-corrected chi connectivity index (χ2v) is 7.46. The van der Waals surface area contributed by atoms with Gasteiger partial charge >= 0.3 is 6.01 Å². The molecule has 0 aromatic carbocycles. The minimum atomic E-state index is -0.610. The van der Waals surface area contributed by atoms with Crippen LogP contribution < -0.4 is 10.5 Å². The zero-order chi connectivity index (χ0) is 16.8. The van der Waals surface area contributed by atoms with Gasteiger partial charge < -0.3 is 20.3 Å². The molecule has 1 saturated carbocycles. The average molecular weight is 398 g/mol. The summed E-state index contributed by atoms with van der Waals surface area (Å²) in [6.45, 7) is 1.83. The maximum absolute atomic E-state index is 10.1. The smallest absolute Gasteiger partial charge is 0.320 e. The lowest BCUT2D eigenvalue weighted by Crippen LogP contribution is -2.25. The minimum absolute atomic E-state index is 0.145. The molecule has 24 heavy (non-hydrogen) atoms. The largest absolute Gasteiger partial charge is 0.460 e. The van der Waals surface area contributed by atoms with Gasteiger partial charge in [0.2, 0.25) is 0 Å². The molecule has 1 aliphatic heterocycles. The van der Waals surface area contributed by atoms with Crippen molar-refractivity contribution >= 4 is 32.9 Å². The summed E-state index contributed by atoms with van der Waals surface area (Å²) in [5.74, 6) is 0.282. The molecule has 0 bridgehead atoms. The van der Waals surface area contributed by atoms with E-state index in [1.807, 2.05) is 6.92 Å². The van der Waals surface area contributed by atoms with Crippen LogP contribution in [0.4, 0.5) is 5.82 Å². The molecule has 1 aliphatic carbocycles. The molecule has 3 N–H and O–H groups in total. The number of halogens is 1. The fraction of sp³-hybridized carbons (Fsp3) is 0.667. The number of anilines is 1. The number of nitrogen functional groups attached to an aromatic ring is 1. The minimum Gasteiger partial charge on any atom is -0.460 e. The third-order valence-corrected chi connectivity index (χ3v) is 5.70. The molecule has 2 aromatic heterocycles. The standard InChI is InChI=1S/C15H20BrN5O3/c1-7-11(22)9(16)14(23-7)21-6-18-10-12(17)19-15(20-13(10)21)24-8-4-2-3-5-8/h6-9,11,14,22H,2-5H2,1H3,(H2,17,19,20)/t7-,9-,11-,14-/m1/s1. The third kappa shape index (κ3) is 2.64. The second kappa shape index (κ2) is 6.12. The highest BCUT2D eigenvalue weighted by Crippen LogP contribution is 2.36. The van der Waals surface area contributed by atoms with Gasteiger partial charge in [-0.25, -0.2) is 4.98 Å². The van der Waals surface area contributed by atoms with E-state index in [0.717, 1.165) is 25.7 Å². The number of hydrogen-bond acceptors (Lipinski definition) is 7. The Morgan fingerprint density at radius 1 is 1.38 bits per heavy atom. The number of rotatable bonds is 3. The van der Waals surface area contributed by atoms with Crippen molar-refractivity contribution in [3.8, 4) is 6.01 Å². The van der Waals surface area contributed by atoms with Gasteiger partial charge in [0.1, 0.15) is 6.10 Å². The molecule has 0 radical (unpaired) electrons. The summed E-state index contributed by atoms with van der Waals surface area (Å²) >= 11 is 3.50. The van der Waals surface area contributed by atoms with Crippen LogP contribution in [0, 0.1) is 0 Å². The van der Waals surface area contributed by atoms with E-state index in [-0.39, 0.29) is 28.9 Å². The molecule has 0 amide bonds. The van der Waals surface area contributed by atoms with Crippen molar-refractivity contribution in [3.63, 3.8) is 0 Å². The SMILES string of the molecule is C[C@H]1O[C@@H](n2cnc3c(N)nc(OC4CCCC4)nc32)[C@H](Br)[C@@H]1O. The van der Waals surface area contributed by atoms with Crippen molar-refractivity contribution in [2.75, 3.05) is 5.73 Å². The van der Waals surface area contributed by atoms with Crippen LogP contribution in [0.25, 0.3) is 11.2 Å². The summed E-state index contributed by atoms with van der Waals surface area (Å²) in [7, 11) is 0. The van der Waals surface area contributed by atoms with Crippen LogP contribution in [0.15, 0.2) is 6.33 Å². The van der Waals surface area contributed by atoms with E-state index in [0.29, 0.717) is 11.2 Å². The van der Waals surface area contributed by atoms with Gasteiger partial charge in [0.05, 0.1) is 23.4 Å². The monoisotopic (exact) mass is 397 g/mol. The molecule has 2 fully saturated rings. The van der Waals surface area contributed by atoms with E-state index in [2.05, 4.69) is 30.9 Å². The van der Waals surface area contributed by atoms with E-state index in [1.54, 1.807) is 10.9 Å². The first-order valence-corrected chi connectivity index (χ1v) is 9.10. The predicted octanol–water partition coefficient (Wildman–Crippen LogP) is 1.77. The van der Waals surface area contributed by atoms with Crippen LogP contribution in [0.1, 0.15) is 38.8 Å². The number of alkyl halides is 1. The molecule has 4 rings (SSSR count). The number of nitrogens with zero attached hydrogens (tertiary/aromatic N) is 4. The highest BCUT2D eigenvalue weighted by molar-refractivity contribution is 9.09. The van der Waals surface area contributed by atoms with Crippen molar-refractivity contribution in [1.29, 1.82) is 0 Å². The third-order valence-electron chi connectivity index (χ3n) is 4.71. The van der Waals surface area contributed by atoms with Gasteiger partial charge in [0.25, 0.3) is 0 Å². The van der Waals surface area contributed by atoms with Gasteiger partial charge in [0.15, 0.2) is 23.2 Å². The number of nitrogens with two attached hydrogens (primary N) is 1. The van der Waals surface area contributed by atoms with Gasteiger partial charge in [-0.3, -0.25) is 4.57 Å². The van der Waals surface area contributed by atoms with Crippen LogP contribution in [0.5, 0.6) is 6.01 Å². The van der Waals surface area contributed by atoms with Crippen LogP contribution in [-0.2, 0) is 4.74 Å². The Labute approximate surface area is 147 Å². The molecule has 3 heterocycles. The quantitative estimate of drug-likeness (QED) is 0.759. The molecule has 130 valence electrons. The van der Waals surface area contributed by atoms with Crippen molar-refractivity contribution < 1.29 is 14.6 Å². The number of hydrogen-bond donors (Lipinski definition) is 2. The zero-order valence-corrected chi connectivity index (χ0v) is 14.9. The lowest BCUT2D eigenvalue weighted by Gasteiger charge is -2.17. The maximum atomic E-state index is 10.1. The first-order chi connectivity index (χ1) is 11.5. The Morgan fingerprint density at radius 2 is 2.12 bits per heavy atom. The molecule has 2 aromatic rings. The van der Waals surface area contributed by atoms with Gasteiger partial charge in [-0.1, -0.05) is 15.9 Å². The normalized spacial score (nSPS) is 31.1. The van der Waals surface area contributed by atoms with E-state index in [9.17, 15) is 5.11 Å². The molecular weight excluding hydrogens is 378 g/mol. The Balaban J connectivity index is 1.70. The maximum Gasteiger partial charge on any atom is 0.320 e. The summed E-state index contributed by atoms with van der Waals surface area (Å²) in [4.78, 5) is 12.7. The summed E-state index contributed by atoms with van der Waals surface area (Å²) in [6.07, 6.45) is 4.79. The summed E-state index contributed by atoms with van der Waals surface area (Å²) in [6, 6.07) is 0.270. The summed E-state index contributed by atoms with van der Waals surface area (Å²) in [5.41, 5.74) is 7.08. The predicted molar refractivity (Wildman–Crippen MR) is 90.9 cm³/mol. The number of aliphatic hydroxyl groups excluding tert-OH is 1. The Hall–Kier alpha value is -1.45. The van der Waals surface area contributed by atoms with Crippen molar-refractivity contribution in [3.05, 3.63) is 6.33 Å². The van der Waals surface area contributed by atoms with Crippen molar-refractivity contribution in [2.45, 2.75) is 62.0 Å². The first-order valence-electron chi connectivity index (χ1n) is 8.19. The number of aliphatic hydroxyl groups is 1. The number of aromatic nitrogens is 4. The van der Waals surface area contributed by atoms with Crippen LogP contribution in [0.2, 0.25) is 0 Å². The number of ether oxygens (including phenoxy) is 2. The first kappa shape index (κ1) is 16.0. The summed E-state index contributed by atoms with van der Waals surface area (Å²) in [5, 5.41) is 10.1. The fourth-order valence-electron chi connectivity index (χ4n) is 3.33.